The molecular formula is C26H28N2O2. The third-order valence-electron chi connectivity index (χ3n) is 5.54. The number of fused-ring (bicyclic) bond motifs is 1. The first kappa shape index (κ1) is 20.2. The summed E-state index contributed by atoms with van der Waals surface area (Å²) in [6, 6.07) is 24.4. The van der Waals surface area contributed by atoms with Gasteiger partial charge in [0.2, 0.25) is 0 Å². The van der Waals surface area contributed by atoms with Crippen LogP contribution in [0, 0.1) is 0 Å². The lowest BCUT2D eigenvalue weighted by Crippen LogP contribution is -2.51. The van der Waals surface area contributed by atoms with Gasteiger partial charge in [-0.3, -0.25) is 9.69 Å². The molecule has 4 rings (SSSR count). The van der Waals surface area contributed by atoms with Gasteiger partial charge in [-0.05, 0) is 35.4 Å². The molecular weight excluding hydrogens is 372 g/mol. The summed E-state index contributed by atoms with van der Waals surface area (Å²) in [5.41, 5.74) is 1.21. The highest BCUT2D eigenvalue weighted by Crippen LogP contribution is 2.22. The topological polar surface area (TPSA) is 32.8 Å². The molecule has 1 aliphatic heterocycles. The largest absolute Gasteiger partial charge is 0.481 e. The Morgan fingerprint density at radius 1 is 0.933 bits per heavy atom. The summed E-state index contributed by atoms with van der Waals surface area (Å²) in [5, 5.41) is 2.29. The van der Waals surface area contributed by atoms with Gasteiger partial charge in [-0.25, -0.2) is 0 Å². The Morgan fingerprint density at radius 2 is 1.63 bits per heavy atom. The molecule has 1 heterocycles. The quantitative estimate of drug-likeness (QED) is 0.612. The van der Waals surface area contributed by atoms with Gasteiger partial charge in [0.05, 0.1) is 0 Å². The number of hydrogen-bond acceptors (Lipinski definition) is 3. The van der Waals surface area contributed by atoms with Gasteiger partial charge in [0, 0.05) is 32.7 Å². The summed E-state index contributed by atoms with van der Waals surface area (Å²) in [5.74, 6) is 0.793. The number of carbonyl (C=O) groups is 1. The molecule has 0 aliphatic carbocycles. The van der Waals surface area contributed by atoms with Gasteiger partial charge in [-0.2, -0.15) is 0 Å². The maximum Gasteiger partial charge on any atom is 0.263 e. The van der Waals surface area contributed by atoms with Crippen molar-refractivity contribution in [3.63, 3.8) is 0 Å². The van der Waals surface area contributed by atoms with Crippen LogP contribution in [0.4, 0.5) is 0 Å². The Bertz CT molecular complexity index is 1010. The SMILES string of the molecule is CC(Oc1ccc2ccccc2c1)C(=O)N1CCN(C/C=C/c2ccccc2)CC1. The summed E-state index contributed by atoms with van der Waals surface area (Å²) in [6.45, 7) is 5.99. The van der Waals surface area contributed by atoms with Crippen LogP contribution in [0.2, 0.25) is 0 Å². The molecule has 0 N–H and O–H groups in total. The fourth-order valence-corrected chi connectivity index (χ4v) is 3.81. The molecule has 4 nitrogen and oxygen atoms in total. The maximum atomic E-state index is 12.8. The standard InChI is InChI=1S/C26H28N2O2/c1-21(30-25-14-13-23-11-5-6-12-24(23)20-25)26(29)28-18-16-27(17-19-28)15-7-10-22-8-3-2-4-9-22/h2-14,20-21H,15-19H2,1H3/b10-7+. The van der Waals surface area contributed by atoms with E-state index in [1.807, 2.05) is 60.4 Å². The number of carbonyl (C=O) groups excluding carboxylic acids is 1. The van der Waals surface area contributed by atoms with Gasteiger partial charge in [-0.15, -0.1) is 0 Å². The molecule has 154 valence electrons. The van der Waals surface area contributed by atoms with Crippen molar-refractivity contribution < 1.29 is 9.53 Å². The van der Waals surface area contributed by atoms with Crippen molar-refractivity contribution in [3.8, 4) is 5.75 Å². The minimum Gasteiger partial charge on any atom is -0.481 e. The summed E-state index contributed by atoms with van der Waals surface area (Å²) >= 11 is 0. The Hall–Kier alpha value is -3.11. The van der Waals surface area contributed by atoms with E-state index in [-0.39, 0.29) is 5.91 Å². The normalized spacial score (nSPS) is 16.1. The van der Waals surface area contributed by atoms with Gasteiger partial charge in [-0.1, -0.05) is 72.8 Å². The minimum atomic E-state index is -0.490. The van der Waals surface area contributed by atoms with Crippen molar-refractivity contribution in [2.45, 2.75) is 13.0 Å². The number of rotatable bonds is 6. The molecule has 3 aromatic carbocycles. The van der Waals surface area contributed by atoms with Crippen LogP contribution in [0.25, 0.3) is 16.8 Å². The molecule has 0 spiro atoms. The summed E-state index contributed by atoms with van der Waals surface area (Å²) in [6.07, 6.45) is 3.85. The van der Waals surface area contributed by atoms with Crippen molar-refractivity contribution in [1.82, 2.24) is 9.80 Å². The van der Waals surface area contributed by atoms with E-state index < -0.39 is 6.10 Å². The second-order valence-corrected chi connectivity index (χ2v) is 7.71. The average molecular weight is 401 g/mol. The fraction of sp³-hybridized carbons (Fsp3) is 0.269. The Balaban J connectivity index is 1.26. The lowest BCUT2D eigenvalue weighted by molar-refractivity contribution is -0.139. The van der Waals surface area contributed by atoms with Crippen molar-refractivity contribution in [3.05, 3.63) is 84.4 Å². The number of hydrogen-bond donors (Lipinski definition) is 0. The van der Waals surface area contributed by atoms with Crippen LogP contribution in [0.15, 0.2) is 78.9 Å². The first-order valence-corrected chi connectivity index (χ1v) is 10.6. The fourth-order valence-electron chi connectivity index (χ4n) is 3.81. The number of nitrogens with zero attached hydrogens (tertiary/aromatic N) is 2. The van der Waals surface area contributed by atoms with Gasteiger partial charge < -0.3 is 9.64 Å². The highest BCUT2D eigenvalue weighted by atomic mass is 16.5. The van der Waals surface area contributed by atoms with Crippen molar-refractivity contribution >= 4 is 22.8 Å². The van der Waals surface area contributed by atoms with E-state index in [2.05, 4.69) is 41.3 Å². The average Bonchev–Trinajstić information content (AvgIpc) is 2.80. The molecule has 1 aliphatic rings. The highest BCUT2D eigenvalue weighted by Gasteiger charge is 2.25. The minimum absolute atomic E-state index is 0.0580. The lowest BCUT2D eigenvalue weighted by Gasteiger charge is -2.35. The Labute approximate surface area is 178 Å². The molecule has 0 bridgehead atoms. The highest BCUT2D eigenvalue weighted by molar-refractivity contribution is 5.84. The molecule has 1 fully saturated rings. The van der Waals surface area contributed by atoms with Gasteiger partial charge >= 0.3 is 0 Å². The zero-order valence-corrected chi connectivity index (χ0v) is 17.4. The second kappa shape index (κ2) is 9.59. The van der Waals surface area contributed by atoms with E-state index in [1.165, 1.54) is 10.9 Å². The molecule has 1 atom stereocenters. The summed E-state index contributed by atoms with van der Waals surface area (Å²) in [4.78, 5) is 17.1. The third-order valence-corrected chi connectivity index (χ3v) is 5.54. The molecule has 0 aromatic heterocycles. The van der Waals surface area contributed by atoms with E-state index in [9.17, 15) is 4.79 Å². The zero-order chi connectivity index (χ0) is 20.8. The number of ether oxygens (including phenoxy) is 1. The third kappa shape index (κ3) is 5.08. The Kier molecular flexibility index (Phi) is 6.45. The molecule has 0 saturated carbocycles. The van der Waals surface area contributed by atoms with E-state index in [4.69, 9.17) is 4.74 Å². The van der Waals surface area contributed by atoms with Crippen LogP contribution in [0.5, 0.6) is 5.75 Å². The van der Waals surface area contributed by atoms with E-state index in [1.54, 1.807) is 0 Å². The maximum absolute atomic E-state index is 12.8. The molecule has 30 heavy (non-hydrogen) atoms. The van der Waals surface area contributed by atoms with Crippen LogP contribution >= 0.6 is 0 Å². The second-order valence-electron chi connectivity index (χ2n) is 7.71. The zero-order valence-electron chi connectivity index (χ0n) is 17.4. The number of piperazine rings is 1. The van der Waals surface area contributed by atoms with Crippen molar-refractivity contribution in [2.24, 2.45) is 0 Å². The molecule has 4 heteroatoms. The van der Waals surface area contributed by atoms with E-state index in [0.717, 1.165) is 43.9 Å². The van der Waals surface area contributed by atoms with Crippen molar-refractivity contribution in [1.29, 1.82) is 0 Å². The monoisotopic (exact) mass is 400 g/mol. The predicted molar refractivity (Wildman–Crippen MR) is 123 cm³/mol. The van der Waals surface area contributed by atoms with Crippen LogP contribution in [-0.2, 0) is 4.79 Å². The van der Waals surface area contributed by atoms with Crippen molar-refractivity contribution in [2.75, 3.05) is 32.7 Å². The van der Waals surface area contributed by atoms with Gasteiger partial charge in [0.15, 0.2) is 6.10 Å². The molecule has 0 radical (unpaired) electrons. The predicted octanol–water partition coefficient (Wildman–Crippen LogP) is 4.46. The van der Waals surface area contributed by atoms with Crippen LogP contribution in [0.3, 0.4) is 0 Å². The van der Waals surface area contributed by atoms with Gasteiger partial charge in [0.25, 0.3) is 5.91 Å². The first-order chi connectivity index (χ1) is 14.7. The molecule has 1 saturated heterocycles. The van der Waals surface area contributed by atoms with Crippen LogP contribution in [-0.4, -0.2) is 54.5 Å². The van der Waals surface area contributed by atoms with E-state index in [0.29, 0.717) is 0 Å². The van der Waals surface area contributed by atoms with E-state index >= 15 is 0 Å². The smallest absolute Gasteiger partial charge is 0.263 e. The lowest BCUT2D eigenvalue weighted by atomic mass is 10.1. The first-order valence-electron chi connectivity index (χ1n) is 10.6. The molecule has 3 aromatic rings. The summed E-state index contributed by atoms with van der Waals surface area (Å²) < 4.78 is 5.96. The van der Waals surface area contributed by atoms with Crippen LogP contribution in [0.1, 0.15) is 12.5 Å². The number of amides is 1. The molecule has 1 amide bonds. The number of benzene rings is 3. The molecule has 1 unspecified atom stereocenters. The van der Waals surface area contributed by atoms with Crippen LogP contribution < -0.4 is 4.74 Å². The summed E-state index contributed by atoms with van der Waals surface area (Å²) in [7, 11) is 0. The van der Waals surface area contributed by atoms with Gasteiger partial charge in [0.1, 0.15) is 5.75 Å². The Morgan fingerprint density at radius 3 is 2.40 bits per heavy atom.